The normalized spacial score (nSPS) is 19.1. The number of amides is 1. The van der Waals surface area contributed by atoms with Gasteiger partial charge in [0.25, 0.3) is 0 Å². The molecule has 0 atom stereocenters. The van der Waals surface area contributed by atoms with E-state index >= 15 is 0 Å². The van der Waals surface area contributed by atoms with Crippen molar-refractivity contribution in [2.45, 2.75) is 39.5 Å². The van der Waals surface area contributed by atoms with Crippen molar-refractivity contribution in [3.05, 3.63) is 35.4 Å². The van der Waals surface area contributed by atoms with E-state index in [2.05, 4.69) is 28.1 Å². The molecule has 1 aromatic rings. The average molecular weight is 418 g/mol. The van der Waals surface area contributed by atoms with Crippen LogP contribution in [0.15, 0.2) is 29.3 Å². The second kappa shape index (κ2) is 10.1. The molecule has 1 amide bonds. The van der Waals surface area contributed by atoms with E-state index in [1.807, 2.05) is 31.7 Å². The van der Waals surface area contributed by atoms with Gasteiger partial charge in [-0.25, -0.2) is 9.79 Å². The number of piperazine rings is 1. The summed E-state index contributed by atoms with van der Waals surface area (Å²) in [5, 5.41) is 0. The first kappa shape index (κ1) is 22.4. The number of nitrogens with two attached hydrogens (primary N) is 1. The Bertz CT molecular complexity index is 733. The topological polar surface area (TPSA) is 83.6 Å². The summed E-state index contributed by atoms with van der Waals surface area (Å²) in [6, 6.07) is 8.40. The van der Waals surface area contributed by atoms with Crippen LogP contribution in [0, 0.1) is 0 Å². The van der Waals surface area contributed by atoms with Crippen molar-refractivity contribution in [2.75, 3.05) is 52.5 Å². The lowest BCUT2D eigenvalue weighted by Gasteiger charge is -2.36. The third-order valence-corrected chi connectivity index (χ3v) is 5.28. The summed E-state index contributed by atoms with van der Waals surface area (Å²) in [6.07, 6.45) is -0.269. The second-order valence-electron chi connectivity index (χ2n) is 8.79. The molecule has 2 aliphatic rings. The molecule has 2 saturated heterocycles. The van der Waals surface area contributed by atoms with Gasteiger partial charge >= 0.3 is 6.09 Å². The van der Waals surface area contributed by atoms with Crippen LogP contribution in [-0.4, -0.2) is 84.8 Å². The zero-order valence-electron chi connectivity index (χ0n) is 18.5. The lowest BCUT2D eigenvalue weighted by molar-refractivity contribution is 0.0186. The van der Waals surface area contributed by atoms with Crippen LogP contribution in [-0.2, 0) is 22.6 Å². The van der Waals surface area contributed by atoms with Gasteiger partial charge in [-0.2, -0.15) is 0 Å². The minimum Gasteiger partial charge on any atom is -0.444 e. The van der Waals surface area contributed by atoms with E-state index in [1.54, 1.807) is 4.90 Å². The van der Waals surface area contributed by atoms with Crippen molar-refractivity contribution >= 4 is 12.1 Å². The van der Waals surface area contributed by atoms with Gasteiger partial charge in [0.15, 0.2) is 5.96 Å². The van der Waals surface area contributed by atoms with Gasteiger partial charge in [0.2, 0.25) is 0 Å². The van der Waals surface area contributed by atoms with Gasteiger partial charge in [0, 0.05) is 45.8 Å². The number of aliphatic imine (C=N–C) groups is 1. The molecule has 0 unspecified atom stereocenters. The highest BCUT2D eigenvalue weighted by Crippen LogP contribution is 2.15. The number of ether oxygens (including phenoxy) is 2. The van der Waals surface area contributed by atoms with E-state index in [0.717, 1.165) is 32.8 Å². The van der Waals surface area contributed by atoms with Crippen LogP contribution in [0.4, 0.5) is 4.79 Å². The van der Waals surface area contributed by atoms with Crippen LogP contribution in [0.5, 0.6) is 0 Å². The molecule has 3 rings (SSSR count). The fraction of sp³-hybridized carbons (Fsp3) is 0.636. The second-order valence-corrected chi connectivity index (χ2v) is 8.79. The molecule has 0 saturated carbocycles. The Morgan fingerprint density at radius 1 is 1.03 bits per heavy atom. The summed E-state index contributed by atoms with van der Waals surface area (Å²) < 4.78 is 10.9. The number of benzene rings is 1. The predicted octanol–water partition coefficient (Wildman–Crippen LogP) is 1.89. The van der Waals surface area contributed by atoms with Crippen LogP contribution in [0.1, 0.15) is 31.9 Å². The van der Waals surface area contributed by atoms with Gasteiger partial charge in [-0.1, -0.05) is 24.3 Å². The molecule has 0 aliphatic carbocycles. The van der Waals surface area contributed by atoms with Crippen molar-refractivity contribution in [3.8, 4) is 0 Å². The van der Waals surface area contributed by atoms with Gasteiger partial charge in [0.05, 0.1) is 19.8 Å². The van der Waals surface area contributed by atoms with Crippen molar-refractivity contribution in [1.82, 2.24) is 14.7 Å². The van der Waals surface area contributed by atoms with E-state index in [1.165, 1.54) is 11.1 Å². The third-order valence-electron chi connectivity index (χ3n) is 5.28. The number of hydrogen-bond donors (Lipinski definition) is 1. The van der Waals surface area contributed by atoms with E-state index in [4.69, 9.17) is 15.2 Å². The molecular weight excluding hydrogens is 382 g/mol. The molecule has 0 bridgehead atoms. The van der Waals surface area contributed by atoms with Gasteiger partial charge in [0.1, 0.15) is 5.60 Å². The van der Waals surface area contributed by atoms with Crippen LogP contribution >= 0.6 is 0 Å². The maximum atomic E-state index is 12.2. The standard InChI is InChI=1S/C22H35N5O3/c1-22(2,3)30-21(28)27-10-8-26(9-11-27)20(23)24-16-18-6-4-5-7-19(18)17-25-12-14-29-15-13-25/h4-7H,8-17H2,1-3H3,(H2,23,24). The molecule has 8 nitrogen and oxygen atoms in total. The van der Waals surface area contributed by atoms with Crippen LogP contribution < -0.4 is 5.73 Å². The van der Waals surface area contributed by atoms with Crippen molar-refractivity contribution in [1.29, 1.82) is 0 Å². The molecule has 0 radical (unpaired) electrons. The molecular formula is C22H35N5O3. The largest absolute Gasteiger partial charge is 0.444 e. The Balaban J connectivity index is 1.53. The van der Waals surface area contributed by atoms with Gasteiger partial charge in [-0.05, 0) is 31.9 Å². The van der Waals surface area contributed by atoms with Crippen molar-refractivity contribution in [3.63, 3.8) is 0 Å². The van der Waals surface area contributed by atoms with Crippen molar-refractivity contribution in [2.24, 2.45) is 10.7 Å². The monoisotopic (exact) mass is 417 g/mol. The highest BCUT2D eigenvalue weighted by Gasteiger charge is 2.26. The first-order valence-electron chi connectivity index (χ1n) is 10.7. The van der Waals surface area contributed by atoms with E-state index in [0.29, 0.717) is 38.7 Å². The highest BCUT2D eigenvalue weighted by atomic mass is 16.6. The van der Waals surface area contributed by atoms with Gasteiger partial charge < -0.3 is 25.0 Å². The van der Waals surface area contributed by atoms with Crippen LogP contribution in [0.3, 0.4) is 0 Å². The first-order chi connectivity index (χ1) is 14.3. The Morgan fingerprint density at radius 2 is 1.63 bits per heavy atom. The smallest absolute Gasteiger partial charge is 0.410 e. The number of hydrogen-bond acceptors (Lipinski definition) is 5. The molecule has 0 spiro atoms. The molecule has 30 heavy (non-hydrogen) atoms. The summed E-state index contributed by atoms with van der Waals surface area (Å²) in [7, 11) is 0. The number of morpholine rings is 1. The molecule has 2 fully saturated rings. The van der Waals surface area contributed by atoms with Gasteiger partial charge in [-0.15, -0.1) is 0 Å². The lowest BCUT2D eigenvalue weighted by Crippen LogP contribution is -2.53. The quantitative estimate of drug-likeness (QED) is 0.595. The molecule has 166 valence electrons. The summed E-state index contributed by atoms with van der Waals surface area (Å²) in [5.74, 6) is 0.528. The Morgan fingerprint density at radius 3 is 2.27 bits per heavy atom. The average Bonchev–Trinajstić information content (AvgIpc) is 2.72. The van der Waals surface area contributed by atoms with Crippen LogP contribution in [0.2, 0.25) is 0 Å². The number of guanidine groups is 1. The molecule has 1 aromatic carbocycles. The SMILES string of the molecule is CC(C)(C)OC(=O)N1CCN(C(N)=NCc2ccccc2CN2CCOCC2)CC1. The fourth-order valence-corrected chi connectivity index (χ4v) is 3.58. The maximum absolute atomic E-state index is 12.2. The Hall–Kier alpha value is -2.32. The molecule has 2 heterocycles. The van der Waals surface area contributed by atoms with Gasteiger partial charge in [-0.3, -0.25) is 4.90 Å². The molecule has 0 aromatic heterocycles. The summed E-state index contributed by atoms with van der Waals surface area (Å²) in [5.41, 5.74) is 8.26. The number of nitrogens with zero attached hydrogens (tertiary/aromatic N) is 4. The zero-order chi connectivity index (χ0) is 21.6. The third kappa shape index (κ3) is 6.60. The summed E-state index contributed by atoms with van der Waals surface area (Å²) >= 11 is 0. The highest BCUT2D eigenvalue weighted by molar-refractivity contribution is 5.78. The zero-order valence-corrected chi connectivity index (χ0v) is 18.5. The molecule has 2 aliphatic heterocycles. The lowest BCUT2D eigenvalue weighted by atomic mass is 10.1. The summed E-state index contributed by atoms with van der Waals surface area (Å²) in [4.78, 5) is 23.0. The number of carbonyl (C=O) groups is 1. The maximum Gasteiger partial charge on any atom is 0.410 e. The predicted molar refractivity (Wildman–Crippen MR) is 117 cm³/mol. The van der Waals surface area contributed by atoms with E-state index in [9.17, 15) is 4.79 Å². The molecule has 2 N–H and O–H groups in total. The Kier molecular flexibility index (Phi) is 7.55. The number of carbonyl (C=O) groups excluding carboxylic acids is 1. The van der Waals surface area contributed by atoms with Crippen molar-refractivity contribution < 1.29 is 14.3 Å². The minimum atomic E-state index is -0.483. The van der Waals surface area contributed by atoms with Crippen LogP contribution in [0.25, 0.3) is 0 Å². The van der Waals surface area contributed by atoms with E-state index < -0.39 is 5.60 Å². The number of rotatable bonds is 4. The minimum absolute atomic E-state index is 0.269. The van der Waals surface area contributed by atoms with E-state index in [-0.39, 0.29) is 6.09 Å². The summed E-state index contributed by atoms with van der Waals surface area (Å²) in [6.45, 7) is 13.1. The Labute approximate surface area is 179 Å². The first-order valence-corrected chi connectivity index (χ1v) is 10.7. The fourth-order valence-electron chi connectivity index (χ4n) is 3.58. The molecule has 8 heteroatoms.